The third-order valence-electron chi connectivity index (χ3n) is 3.36. The van der Waals surface area contributed by atoms with Gasteiger partial charge >= 0.3 is 0 Å². The van der Waals surface area contributed by atoms with Crippen LogP contribution in [0.25, 0.3) is 0 Å². The van der Waals surface area contributed by atoms with Crippen molar-refractivity contribution in [3.63, 3.8) is 0 Å². The number of nitrogens with one attached hydrogen (secondary N) is 1. The van der Waals surface area contributed by atoms with Gasteiger partial charge in [0.1, 0.15) is 5.82 Å². The van der Waals surface area contributed by atoms with Crippen LogP contribution in [0, 0.1) is 12.7 Å². The van der Waals surface area contributed by atoms with Gasteiger partial charge in [-0.25, -0.2) is 4.39 Å². The van der Waals surface area contributed by atoms with E-state index in [9.17, 15) is 4.39 Å². The van der Waals surface area contributed by atoms with Crippen molar-refractivity contribution in [2.75, 3.05) is 6.54 Å². The Balaban J connectivity index is 2.30. The maximum absolute atomic E-state index is 13.2. The largest absolute Gasteiger partial charge is 0.310 e. The van der Waals surface area contributed by atoms with Crippen molar-refractivity contribution in [2.45, 2.75) is 26.3 Å². The SMILES string of the molecule is CCNC(Cc1ccc(F)cc1Br)c1cc(C)cc(Br)c1. The van der Waals surface area contributed by atoms with Crippen LogP contribution < -0.4 is 5.32 Å². The first-order valence-corrected chi connectivity index (χ1v) is 8.52. The zero-order chi connectivity index (χ0) is 15.4. The topological polar surface area (TPSA) is 12.0 Å². The summed E-state index contributed by atoms with van der Waals surface area (Å²) in [5.41, 5.74) is 3.56. The van der Waals surface area contributed by atoms with E-state index in [4.69, 9.17) is 0 Å². The monoisotopic (exact) mass is 413 g/mol. The Labute approximate surface area is 142 Å². The minimum Gasteiger partial charge on any atom is -0.310 e. The summed E-state index contributed by atoms with van der Waals surface area (Å²) in [5, 5.41) is 3.51. The smallest absolute Gasteiger partial charge is 0.124 e. The van der Waals surface area contributed by atoms with E-state index in [0.29, 0.717) is 0 Å². The van der Waals surface area contributed by atoms with E-state index in [1.807, 2.05) is 6.07 Å². The quantitative estimate of drug-likeness (QED) is 0.675. The van der Waals surface area contributed by atoms with E-state index in [1.165, 1.54) is 23.3 Å². The second-order valence-electron chi connectivity index (χ2n) is 5.11. The van der Waals surface area contributed by atoms with Crippen LogP contribution in [0.4, 0.5) is 4.39 Å². The van der Waals surface area contributed by atoms with E-state index in [1.54, 1.807) is 0 Å². The molecule has 1 nitrogen and oxygen atoms in total. The van der Waals surface area contributed by atoms with Crippen molar-refractivity contribution in [1.82, 2.24) is 5.32 Å². The van der Waals surface area contributed by atoms with Crippen LogP contribution in [-0.4, -0.2) is 6.54 Å². The molecular weight excluding hydrogens is 397 g/mol. The molecular formula is C17H18Br2FN. The fourth-order valence-corrected chi connectivity index (χ4v) is 3.57. The molecule has 2 aromatic carbocycles. The van der Waals surface area contributed by atoms with E-state index in [-0.39, 0.29) is 11.9 Å². The van der Waals surface area contributed by atoms with Gasteiger partial charge in [-0.15, -0.1) is 0 Å². The summed E-state index contributed by atoms with van der Waals surface area (Å²) in [5.74, 6) is -0.219. The lowest BCUT2D eigenvalue weighted by atomic mass is 9.97. The van der Waals surface area contributed by atoms with Gasteiger partial charge in [0.25, 0.3) is 0 Å². The van der Waals surface area contributed by atoms with Crippen molar-refractivity contribution in [2.24, 2.45) is 0 Å². The van der Waals surface area contributed by atoms with Gasteiger partial charge in [-0.1, -0.05) is 50.9 Å². The molecule has 0 aliphatic heterocycles. The van der Waals surface area contributed by atoms with Gasteiger partial charge in [0.15, 0.2) is 0 Å². The fraction of sp³-hybridized carbons (Fsp3) is 0.294. The predicted octanol–water partition coefficient (Wildman–Crippen LogP) is 5.55. The van der Waals surface area contributed by atoms with E-state index < -0.39 is 0 Å². The molecule has 1 N–H and O–H groups in total. The summed E-state index contributed by atoms with van der Waals surface area (Å²) in [6.07, 6.45) is 0.810. The van der Waals surface area contributed by atoms with Gasteiger partial charge in [-0.2, -0.15) is 0 Å². The molecule has 0 aromatic heterocycles. The summed E-state index contributed by atoms with van der Waals surface area (Å²) >= 11 is 7.01. The third-order valence-corrected chi connectivity index (χ3v) is 4.55. The number of hydrogen-bond donors (Lipinski definition) is 1. The number of hydrogen-bond acceptors (Lipinski definition) is 1. The Morgan fingerprint density at radius 3 is 2.52 bits per heavy atom. The average Bonchev–Trinajstić information content (AvgIpc) is 2.40. The van der Waals surface area contributed by atoms with Crippen molar-refractivity contribution >= 4 is 31.9 Å². The zero-order valence-corrected chi connectivity index (χ0v) is 15.3. The van der Waals surface area contributed by atoms with Crippen molar-refractivity contribution < 1.29 is 4.39 Å². The molecule has 0 amide bonds. The minimum atomic E-state index is -0.219. The van der Waals surface area contributed by atoms with Crippen LogP contribution in [0.5, 0.6) is 0 Å². The number of halogens is 3. The highest BCUT2D eigenvalue weighted by molar-refractivity contribution is 9.10. The maximum atomic E-state index is 13.2. The van der Waals surface area contributed by atoms with Crippen LogP contribution in [0.1, 0.15) is 29.7 Å². The number of benzene rings is 2. The first kappa shape index (κ1) is 16.7. The molecule has 112 valence electrons. The van der Waals surface area contributed by atoms with Crippen LogP contribution >= 0.6 is 31.9 Å². The maximum Gasteiger partial charge on any atom is 0.124 e. The Morgan fingerprint density at radius 1 is 1.14 bits per heavy atom. The first-order chi connectivity index (χ1) is 9.99. The average molecular weight is 415 g/mol. The summed E-state index contributed by atoms with van der Waals surface area (Å²) < 4.78 is 15.1. The van der Waals surface area contributed by atoms with Crippen molar-refractivity contribution in [3.8, 4) is 0 Å². The molecule has 0 fully saturated rings. The fourth-order valence-electron chi connectivity index (χ4n) is 2.43. The predicted molar refractivity (Wildman–Crippen MR) is 93.1 cm³/mol. The van der Waals surface area contributed by atoms with Crippen LogP contribution in [0.2, 0.25) is 0 Å². The van der Waals surface area contributed by atoms with E-state index >= 15 is 0 Å². The lowest BCUT2D eigenvalue weighted by molar-refractivity contribution is 0.547. The van der Waals surface area contributed by atoms with Gasteiger partial charge in [0.05, 0.1) is 0 Å². The normalized spacial score (nSPS) is 12.4. The molecule has 1 unspecified atom stereocenters. The molecule has 4 heteroatoms. The van der Waals surface area contributed by atoms with Crippen LogP contribution in [0.3, 0.4) is 0 Å². The molecule has 0 heterocycles. The van der Waals surface area contributed by atoms with Gasteiger partial charge in [-0.05, 0) is 60.8 Å². The van der Waals surface area contributed by atoms with Crippen LogP contribution in [-0.2, 0) is 6.42 Å². The Bertz CT molecular complexity index is 608. The van der Waals surface area contributed by atoms with Gasteiger partial charge in [-0.3, -0.25) is 0 Å². The van der Waals surface area contributed by atoms with Crippen molar-refractivity contribution in [1.29, 1.82) is 0 Å². The Kier molecular flexibility index (Phi) is 5.97. The molecule has 0 aliphatic carbocycles. The second kappa shape index (κ2) is 7.52. The highest BCUT2D eigenvalue weighted by Crippen LogP contribution is 2.27. The number of likely N-dealkylation sites (N-methyl/N-ethyl adjacent to an activating group) is 1. The van der Waals surface area contributed by atoms with E-state index in [2.05, 4.69) is 69.2 Å². The summed E-state index contributed by atoms with van der Waals surface area (Å²) in [4.78, 5) is 0. The number of rotatable bonds is 5. The minimum absolute atomic E-state index is 0.202. The van der Waals surface area contributed by atoms with Gasteiger partial charge < -0.3 is 5.32 Å². The molecule has 0 saturated carbocycles. The third kappa shape index (κ3) is 4.63. The molecule has 1 atom stereocenters. The molecule has 0 saturated heterocycles. The highest BCUT2D eigenvalue weighted by Gasteiger charge is 2.14. The summed E-state index contributed by atoms with van der Waals surface area (Å²) in [6.45, 7) is 5.07. The molecule has 2 rings (SSSR count). The first-order valence-electron chi connectivity index (χ1n) is 6.94. The molecule has 0 bridgehead atoms. The standard InChI is InChI=1S/C17H18Br2FN/c1-3-21-17(13-6-11(2)7-14(18)8-13)9-12-4-5-15(20)10-16(12)19/h4-8,10,17,21H,3,9H2,1-2H3. The highest BCUT2D eigenvalue weighted by atomic mass is 79.9. The lowest BCUT2D eigenvalue weighted by Crippen LogP contribution is -2.23. The molecule has 21 heavy (non-hydrogen) atoms. The van der Waals surface area contributed by atoms with E-state index in [0.717, 1.165) is 27.5 Å². The Hall–Kier alpha value is -0.710. The van der Waals surface area contributed by atoms with Gasteiger partial charge in [0, 0.05) is 15.0 Å². The zero-order valence-electron chi connectivity index (χ0n) is 12.1. The summed E-state index contributed by atoms with van der Waals surface area (Å²) in [7, 11) is 0. The van der Waals surface area contributed by atoms with Crippen LogP contribution in [0.15, 0.2) is 45.3 Å². The molecule has 2 aromatic rings. The summed E-state index contributed by atoms with van der Waals surface area (Å²) in [6, 6.07) is 11.5. The second-order valence-corrected chi connectivity index (χ2v) is 6.88. The molecule has 0 radical (unpaired) electrons. The van der Waals surface area contributed by atoms with Gasteiger partial charge in [0.2, 0.25) is 0 Å². The van der Waals surface area contributed by atoms with Crippen molar-refractivity contribution in [3.05, 3.63) is 67.9 Å². The Morgan fingerprint density at radius 2 is 1.90 bits per heavy atom. The molecule has 0 spiro atoms. The number of aryl methyl sites for hydroxylation is 1. The lowest BCUT2D eigenvalue weighted by Gasteiger charge is -2.20. The molecule has 0 aliphatic rings.